The first-order valence-corrected chi connectivity index (χ1v) is 13.2. The Balaban J connectivity index is 1.22. The summed E-state index contributed by atoms with van der Waals surface area (Å²) in [6.07, 6.45) is 5.51. The van der Waals surface area contributed by atoms with Gasteiger partial charge in [0.25, 0.3) is 0 Å². The van der Waals surface area contributed by atoms with Gasteiger partial charge < -0.3 is 25.4 Å². The van der Waals surface area contributed by atoms with Crippen LogP contribution in [0.15, 0.2) is 36.4 Å². The number of nitrogens with zero attached hydrogens (tertiary/aromatic N) is 1. The maximum Gasteiger partial charge on any atom is 0.223 e. The SMILES string of the molecule is COc1ccc2c(c1)C13C[C@H](C(=O)NCc4cccc(O)c4O)CC1(O)[C@@H]1N(CC4CC4)CC1(C2)C3. The van der Waals surface area contributed by atoms with Crippen molar-refractivity contribution in [2.24, 2.45) is 17.3 Å². The van der Waals surface area contributed by atoms with E-state index < -0.39 is 11.0 Å². The van der Waals surface area contributed by atoms with Gasteiger partial charge >= 0.3 is 0 Å². The molecule has 4 fully saturated rings. The van der Waals surface area contributed by atoms with Crippen LogP contribution in [0.5, 0.6) is 17.2 Å². The van der Waals surface area contributed by atoms with Gasteiger partial charge in [0.05, 0.1) is 12.7 Å². The van der Waals surface area contributed by atoms with E-state index in [1.165, 1.54) is 24.5 Å². The van der Waals surface area contributed by atoms with Gasteiger partial charge in [0.15, 0.2) is 11.5 Å². The van der Waals surface area contributed by atoms with Gasteiger partial charge in [-0.25, -0.2) is 0 Å². The Bertz CT molecular complexity index is 1260. The molecule has 1 amide bonds. The lowest BCUT2D eigenvalue weighted by Gasteiger charge is -2.58. The molecule has 2 spiro atoms. The Labute approximate surface area is 211 Å². The van der Waals surface area contributed by atoms with Crippen molar-refractivity contribution in [3.05, 3.63) is 53.1 Å². The third-order valence-corrected chi connectivity index (χ3v) is 10.0. The lowest BCUT2D eigenvalue weighted by atomic mass is 9.61. The van der Waals surface area contributed by atoms with Crippen molar-refractivity contribution in [1.29, 1.82) is 0 Å². The number of aliphatic hydroxyl groups is 1. The van der Waals surface area contributed by atoms with Crippen LogP contribution in [-0.2, 0) is 23.2 Å². The Morgan fingerprint density at radius 1 is 1.19 bits per heavy atom. The third-order valence-electron chi connectivity index (χ3n) is 10.0. The molecule has 4 N–H and O–H groups in total. The molecule has 2 aromatic carbocycles. The first kappa shape index (κ1) is 22.4. The average Bonchev–Trinajstić information content (AvgIpc) is 3.60. The van der Waals surface area contributed by atoms with Crippen molar-refractivity contribution in [3.63, 3.8) is 0 Å². The minimum atomic E-state index is -0.965. The van der Waals surface area contributed by atoms with Crippen molar-refractivity contribution in [1.82, 2.24) is 10.2 Å². The monoisotopic (exact) mass is 490 g/mol. The molecule has 2 aromatic rings. The molecule has 1 saturated heterocycles. The number of carbonyl (C=O) groups is 1. The molecule has 5 atom stereocenters. The van der Waals surface area contributed by atoms with Gasteiger partial charge in [-0.2, -0.15) is 0 Å². The fourth-order valence-corrected chi connectivity index (χ4v) is 8.61. The maximum absolute atomic E-state index is 13.5. The number of carbonyl (C=O) groups excluding carboxylic acids is 1. The van der Waals surface area contributed by atoms with Crippen molar-refractivity contribution >= 4 is 5.91 Å². The van der Waals surface area contributed by atoms with Crippen LogP contribution in [0, 0.1) is 17.3 Å². The van der Waals surface area contributed by atoms with E-state index in [9.17, 15) is 20.1 Å². The number of ether oxygens (including phenoxy) is 1. The van der Waals surface area contributed by atoms with Crippen molar-refractivity contribution in [3.8, 4) is 17.2 Å². The van der Waals surface area contributed by atoms with E-state index in [1.54, 1.807) is 19.2 Å². The number of nitrogens with one attached hydrogen (secondary N) is 1. The van der Waals surface area contributed by atoms with Crippen LogP contribution in [0.4, 0.5) is 0 Å². The van der Waals surface area contributed by atoms with E-state index in [4.69, 9.17) is 4.74 Å². The van der Waals surface area contributed by atoms with E-state index in [2.05, 4.69) is 22.3 Å². The molecule has 7 rings (SSSR count). The minimum Gasteiger partial charge on any atom is -0.504 e. The molecule has 2 bridgehead atoms. The van der Waals surface area contributed by atoms with Crippen LogP contribution in [0.25, 0.3) is 0 Å². The van der Waals surface area contributed by atoms with E-state index in [1.807, 2.05) is 6.07 Å². The summed E-state index contributed by atoms with van der Waals surface area (Å²) in [5, 5.41) is 35.5. The highest BCUT2D eigenvalue weighted by Crippen LogP contribution is 2.73. The summed E-state index contributed by atoms with van der Waals surface area (Å²) >= 11 is 0. The van der Waals surface area contributed by atoms with E-state index in [0.717, 1.165) is 43.2 Å². The number of hydrogen-bond donors (Lipinski definition) is 4. The number of fused-ring (bicyclic) bond motifs is 2. The molecule has 3 saturated carbocycles. The summed E-state index contributed by atoms with van der Waals surface area (Å²) in [6, 6.07) is 11.1. The Kier molecular flexibility index (Phi) is 4.60. The molecule has 36 heavy (non-hydrogen) atoms. The standard InChI is InChI=1S/C29H34N2O5/c1-36-21-8-7-18-10-27-15-28(22(18)9-21)11-20(25(34)30-13-19-3-2-4-23(32)24(19)33)12-29(28,35)26(27)31(16-27)14-17-5-6-17/h2-4,7-9,17,20,26,32-33,35H,5-6,10-16H2,1H3,(H,30,34)/t20-,26+,27?,28?,29?/m0/s1. The zero-order valence-corrected chi connectivity index (χ0v) is 20.7. The molecule has 1 heterocycles. The molecule has 0 radical (unpaired) electrons. The van der Waals surface area contributed by atoms with Crippen LogP contribution in [0.2, 0.25) is 0 Å². The fraction of sp³-hybridized carbons (Fsp3) is 0.552. The average molecular weight is 491 g/mol. The molecule has 4 aliphatic carbocycles. The highest BCUT2D eigenvalue weighted by Gasteiger charge is 2.80. The van der Waals surface area contributed by atoms with Crippen molar-refractivity contribution in [2.75, 3.05) is 20.2 Å². The molecule has 7 nitrogen and oxygen atoms in total. The number of para-hydroxylation sites is 1. The second-order valence-corrected chi connectivity index (χ2v) is 12.1. The van der Waals surface area contributed by atoms with Gasteiger partial charge in [-0.05, 0) is 73.8 Å². The topological polar surface area (TPSA) is 102 Å². The summed E-state index contributed by atoms with van der Waals surface area (Å²) in [6.45, 7) is 2.22. The molecular weight excluding hydrogens is 456 g/mol. The van der Waals surface area contributed by atoms with Crippen LogP contribution < -0.4 is 10.1 Å². The Hall–Kier alpha value is -2.77. The number of hydrogen-bond acceptors (Lipinski definition) is 6. The number of rotatable bonds is 6. The summed E-state index contributed by atoms with van der Waals surface area (Å²) in [7, 11) is 1.67. The predicted octanol–water partition coefficient (Wildman–Crippen LogP) is 2.84. The lowest BCUT2D eigenvalue weighted by molar-refractivity contribution is -0.146. The zero-order valence-electron chi connectivity index (χ0n) is 20.7. The van der Waals surface area contributed by atoms with E-state index in [0.29, 0.717) is 18.4 Å². The highest BCUT2D eigenvalue weighted by molar-refractivity contribution is 5.80. The smallest absolute Gasteiger partial charge is 0.223 e. The van der Waals surface area contributed by atoms with E-state index in [-0.39, 0.29) is 41.3 Å². The number of amides is 1. The van der Waals surface area contributed by atoms with Gasteiger partial charge in [-0.3, -0.25) is 9.69 Å². The molecule has 5 aliphatic rings. The van der Waals surface area contributed by atoms with Gasteiger partial charge in [-0.15, -0.1) is 0 Å². The van der Waals surface area contributed by atoms with Crippen LogP contribution in [0.3, 0.4) is 0 Å². The quantitative estimate of drug-likeness (QED) is 0.465. The first-order valence-electron chi connectivity index (χ1n) is 13.2. The van der Waals surface area contributed by atoms with Gasteiger partial charge in [-0.1, -0.05) is 18.2 Å². The van der Waals surface area contributed by atoms with E-state index >= 15 is 0 Å². The molecular formula is C29H34N2O5. The summed E-state index contributed by atoms with van der Waals surface area (Å²) in [4.78, 5) is 16.0. The molecule has 0 aromatic heterocycles. The lowest BCUT2D eigenvalue weighted by Crippen LogP contribution is -2.70. The fourth-order valence-electron chi connectivity index (χ4n) is 8.61. The Morgan fingerprint density at radius 3 is 2.81 bits per heavy atom. The molecule has 7 heteroatoms. The molecule has 190 valence electrons. The third kappa shape index (κ3) is 2.90. The highest BCUT2D eigenvalue weighted by atomic mass is 16.5. The summed E-state index contributed by atoms with van der Waals surface area (Å²) < 4.78 is 5.58. The zero-order chi connectivity index (χ0) is 24.9. The Morgan fingerprint density at radius 2 is 2.03 bits per heavy atom. The molecule has 1 aliphatic heterocycles. The predicted molar refractivity (Wildman–Crippen MR) is 133 cm³/mol. The summed E-state index contributed by atoms with van der Waals surface area (Å²) in [5.74, 6) is 0.705. The number of methoxy groups -OCH3 is 1. The van der Waals surface area contributed by atoms with Crippen LogP contribution in [-0.4, -0.2) is 58.0 Å². The van der Waals surface area contributed by atoms with Gasteiger partial charge in [0.2, 0.25) is 5.91 Å². The first-order chi connectivity index (χ1) is 17.3. The van der Waals surface area contributed by atoms with Crippen molar-refractivity contribution in [2.45, 2.75) is 62.1 Å². The largest absolute Gasteiger partial charge is 0.504 e. The number of likely N-dealkylation sites (tertiary alicyclic amines) is 1. The molecule has 3 unspecified atom stereocenters. The summed E-state index contributed by atoms with van der Waals surface area (Å²) in [5.41, 5.74) is 1.58. The van der Waals surface area contributed by atoms with Gasteiger partial charge in [0.1, 0.15) is 5.75 Å². The number of phenols is 2. The van der Waals surface area contributed by atoms with Crippen LogP contribution in [0.1, 0.15) is 48.8 Å². The number of phenolic OH excluding ortho intramolecular Hbond substituents is 2. The van der Waals surface area contributed by atoms with Gasteiger partial charge in [0, 0.05) is 48.0 Å². The van der Waals surface area contributed by atoms with Crippen LogP contribution >= 0.6 is 0 Å². The second-order valence-electron chi connectivity index (χ2n) is 12.1. The number of aromatic hydroxyl groups is 2. The van der Waals surface area contributed by atoms with Crippen molar-refractivity contribution < 1.29 is 24.9 Å². The maximum atomic E-state index is 13.5. The number of benzene rings is 2. The minimum absolute atomic E-state index is 0.0805. The normalized spacial score (nSPS) is 35.9. The second kappa shape index (κ2) is 7.39.